The highest BCUT2D eigenvalue weighted by molar-refractivity contribution is 7.77. The molecule has 0 bridgehead atoms. The van der Waals surface area contributed by atoms with Gasteiger partial charge in [-0.25, -0.2) is 4.39 Å². The van der Waals surface area contributed by atoms with E-state index in [1.165, 1.54) is 6.07 Å². The Kier molecular flexibility index (Phi) is 8.23. The number of likely N-dealkylation sites (tertiary alicyclic amines) is 1. The minimum atomic E-state index is -4.60. The van der Waals surface area contributed by atoms with Crippen molar-refractivity contribution in [2.45, 2.75) is 44.3 Å². The van der Waals surface area contributed by atoms with Gasteiger partial charge in [0.1, 0.15) is 11.6 Å². The molecule has 0 radical (unpaired) electrons. The second-order valence-corrected chi connectivity index (χ2v) is 10.2. The lowest BCUT2D eigenvalue weighted by Crippen LogP contribution is -2.35. The summed E-state index contributed by atoms with van der Waals surface area (Å²) in [6.45, 7) is 1.60. The smallest absolute Gasteiger partial charge is 0.416 e. The van der Waals surface area contributed by atoms with Crippen LogP contribution in [-0.4, -0.2) is 39.3 Å². The Bertz CT molecular complexity index is 1150. The predicted octanol–water partition coefficient (Wildman–Crippen LogP) is 5.19. The van der Waals surface area contributed by atoms with Crippen LogP contribution < -0.4 is 9.46 Å². The van der Waals surface area contributed by atoms with Crippen LogP contribution in [-0.2, 0) is 24.0 Å². The van der Waals surface area contributed by atoms with Crippen molar-refractivity contribution in [2.24, 2.45) is 5.92 Å². The molecule has 1 unspecified atom stereocenters. The first-order chi connectivity index (χ1) is 17.0. The van der Waals surface area contributed by atoms with E-state index in [0.717, 1.165) is 37.3 Å². The summed E-state index contributed by atoms with van der Waals surface area (Å²) in [5.41, 5.74) is 0.0596. The van der Waals surface area contributed by atoms with Crippen LogP contribution in [0.25, 0.3) is 0 Å². The highest BCUT2D eigenvalue weighted by atomic mass is 35.5. The molecule has 1 atom stereocenters. The number of ether oxygens (including phenoxy) is 1. The molecule has 1 saturated heterocycles. The second kappa shape index (κ2) is 11.0. The number of carbonyl (C=O) groups excluding carboxylic acids is 1. The van der Waals surface area contributed by atoms with Crippen molar-refractivity contribution in [3.05, 3.63) is 63.4 Å². The molecule has 2 fully saturated rings. The fourth-order valence-corrected chi connectivity index (χ4v) is 4.86. The Morgan fingerprint density at radius 3 is 2.47 bits per heavy atom. The van der Waals surface area contributed by atoms with E-state index in [4.69, 9.17) is 16.3 Å². The summed E-state index contributed by atoms with van der Waals surface area (Å²) in [7, 11) is 0. The van der Waals surface area contributed by atoms with Crippen molar-refractivity contribution >= 4 is 28.8 Å². The molecule has 1 aliphatic heterocycles. The summed E-state index contributed by atoms with van der Waals surface area (Å²) in [5, 5.41) is -0.542. The Balaban J connectivity index is 1.33. The molecule has 6 nitrogen and oxygen atoms in total. The average molecular weight is 548 g/mol. The van der Waals surface area contributed by atoms with E-state index in [9.17, 15) is 31.1 Å². The number of nitrogens with zero attached hydrogens (tertiary/aromatic N) is 1. The van der Waals surface area contributed by atoms with Crippen molar-refractivity contribution < 1.29 is 35.9 Å². The van der Waals surface area contributed by atoms with Gasteiger partial charge in [-0.2, -0.15) is 13.2 Å². The monoisotopic (exact) mass is 547 g/mol. The standard InChI is InChI=1S/C24H25ClF4N2O4S/c25-20-11-18(24(27,28)29)9-17(22(20)26)12-31-7-5-14(6-8-31)13-35-21-4-3-16(23(32)30-36(33)34)10-19(21)15-1-2-15/h3-4,9-11,14-15H,1-2,5-8,12-13H2,(H,30,32)(H,33,34)/p-1. The Morgan fingerprint density at radius 1 is 1.17 bits per heavy atom. The van der Waals surface area contributed by atoms with Gasteiger partial charge in [-0.05, 0) is 86.5 Å². The van der Waals surface area contributed by atoms with Gasteiger partial charge in [0.05, 0.1) is 17.2 Å². The number of halogens is 5. The molecule has 12 heteroatoms. The van der Waals surface area contributed by atoms with Crippen LogP contribution in [0.3, 0.4) is 0 Å². The second-order valence-electron chi connectivity index (χ2n) is 9.15. The van der Waals surface area contributed by atoms with Crippen LogP contribution in [0.1, 0.15) is 58.6 Å². The maximum atomic E-state index is 14.4. The molecule has 1 N–H and O–H groups in total. The van der Waals surface area contributed by atoms with Gasteiger partial charge in [-0.3, -0.25) is 18.6 Å². The molecule has 1 heterocycles. The first-order valence-corrected chi connectivity index (χ1v) is 12.9. The molecule has 1 saturated carbocycles. The quantitative estimate of drug-likeness (QED) is 0.363. The number of hydrogen-bond donors (Lipinski definition) is 1. The van der Waals surface area contributed by atoms with E-state index in [-0.39, 0.29) is 29.5 Å². The number of nitrogens with one attached hydrogen (secondary N) is 1. The third kappa shape index (κ3) is 6.76. The molecular formula is C24H24ClF4N2O4S-. The maximum Gasteiger partial charge on any atom is 0.416 e. The normalized spacial score (nSPS) is 18.2. The first kappa shape index (κ1) is 26.8. The molecule has 196 valence electrons. The van der Waals surface area contributed by atoms with Gasteiger partial charge in [-0.15, -0.1) is 0 Å². The molecule has 36 heavy (non-hydrogen) atoms. The highest BCUT2D eigenvalue weighted by Crippen LogP contribution is 2.45. The Labute approximate surface area is 213 Å². The molecule has 1 aliphatic carbocycles. The van der Waals surface area contributed by atoms with E-state index in [1.807, 2.05) is 9.62 Å². The Hall–Kier alpha value is -2.21. The molecule has 2 aliphatic rings. The fourth-order valence-electron chi connectivity index (χ4n) is 4.35. The zero-order valence-electron chi connectivity index (χ0n) is 19.1. The molecule has 2 aromatic carbocycles. The molecular weight excluding hydrogens is 524 g/mol. The topological polar surface area (TPSA) is 81.7 Å². The molecule has 0 spiro atoms. The highest BCUT2D eigenvalue weighted by Gasteiger charge is 2.33. The lowest BCUT2D eigenvalue weighted by atomic mass is 9.97. The van der Waals surface area contributed by atoms with E-state index >= 15 is 0 Å². The fraction of sp³-hybridized carbons (Fsp3) is 0.458. The van der Waals surface area contributed by atoms with Crippen molar-refractivity contribution in [2.75, 3.05) is 19.7 Å². The summed E-state index contributed by atoms with van der Waals surface area (Å²) >= 11 is 3.00. The van der Waals surface area contributed by atoms with Crippen LogP contribution in [0.5, 0.6) is 5.75 Å². The maximum absolute atomic E-state index is 14.4. The number of benzene rings is 2. The molecule has 4 rings (SSSR count). The number of rotatable bonds is 8. The third-order valence-electron chi connectivity index (χ3n) is 6.47. The van der Waals surface area contributed by atoms with Crippen LogP contribution in [0.2, 0.25) is 5.02 Å². The third-order valence-corrected chi connectivity index (χ3v) is 7.10. The summed E-state index contributed by atoms with van der Waals surface area (Å²) < 4.78 is 83.0. The van der Waals surface area contributed by atoms with Crippen LogP contribution in [0.4, 0.5) is 17.6 Å². The lowest BCUT2D eigenvalue weighted by molar-refractivity contribution is -0.137. The van der Waals surface area contributed by atoms with Gasteiger partial charge in [0.25, 0.3) is 5.91 Å². The van der Waals surface area contributed by atoms with E-state index in [1.54, 1.807) is 12.1 Å². The minimum Gasteiger partial charge on any atom is -0.755 e. The molecule has 2 aromatic rings. The number of carbonyl (C=O) groups is 1. The van der Waals surface area contributed by atoms with Crippen molar-refractivity contribution in [3.8, 4) is 5.75 Å². The predicted molar refractivity (Wildman–Crippen MR) is 125 cm³/mol. The van der Waals surface area contributed by atoms with Gasteiger partial charge in [0.15, 0.2) is 0 Å². The average Bonchev–Trinajstić information content (AvgIpc) is 3.65. The first-order valence-electron chi connectivity index (χ1n) is 11.5. The van der Waals surface area contributed by atoms with E-state index in [2.05, 4.69) is 0 Å². The summed E-state index contributed by atoms with van der Waals surface area (Å²) in [6, 6.07) is 6.26. The summed E-state index contributed by atoms with van der Waals surface area (Å²) in [4.78, 5) is 13.9. The molecule has 1 amide bonds. The van der Waals surface area contributed by atoms with Crippen molar-refractivity contribution in [3.63, 3.8) is 0 Å². The van der Waals surface area contributed by atoms with Gasteiger partial charge in [0.2, 0.25) is 0 Å². The number of hydrogen-bond acceptors (Lipinski definition) is 5. The van der Waals surface area contributed by atoms with Crippen molar-refractivity contribution in [1.82, 2.24) is 9.62 Å². The zero-order chi connectivity index (χ0) is 26.0. The van der Waals surface area contributed by atoms with Gasteiger partial charge < -0.3 is 9.29 Å². The van der Waals surface area contributed by atoms with Crippen LogP contribution in [0.15, 0.2) is 30.3 Å². The minimum absolute atomic E-state index is 0.0343. The number of alkyl halides is 3. The van der Waals surface area contributed by atoms with Gasteiger partial charge in [-0.1, -0.05) is 11.6 Å². The van der Waals surface area contributed by atoms with Crippen LogP contribution >= 0.6 is 11.6 Å². The number of piperidine rings is 1. The van der Waals surface area contributed by atoms with Gasteiger partial charge in [0, 0.05) is 28.9 Å². The molecule has 0 aromatic heterocycles. The van der Waals surface area contributed by atoms with E-state index < -0.39 is 39.8 Å². The SMILES string of the molecule is O=C(NS(=O)[O-])c1ccc(OCC2CCN(Cc3cc(C(F)(F)F)cc(Cl)c3F)CC2)c(C2CC2)c1. The summed E-state index contributed by atoms with van der Waals surface area (Å²) in [5.74, 6) is -0.417. The summed E-state index contributed by atoms with van der Waals surface area (Å²) in [6.07, 6.45) is -1.23. The Morgan fingerprint density at radius 2 is 1.86 bits per heavy atom. The van der Waals surface area contributed by atoms with Crippen LogP contribution in [0, 0.1) is 11.7 Å². The van der Waals surface area contributed by atoms with Gasteiger partial charge >= 0.3 is 6.18 Å². The van der Waals surface area contributed by atoms with Crippen molar-refractivity contribution in [1.29, 1.82) is 0 Å². The largest absolute Gasteiger partial charge is 0.755 e. The zero-order valence-corrected chi connectivity index (χ0v) is 20.6. The number of amides is 1. The lowest BCUT2D eigenvalue weighted by Gasteiger charge is -2.32. The van der Waals surface area contributed by atoms with E-state index in [0.29, 0.717) is 31.5 Å².